The Hall–Kier alpha value is -6.86. The van der Waals surface area contributed by atoms with E-state index in [1.165, 1.54) is 21.8 Å². The highest BCUT2D eigenvalue weighted by atomic mass is 15.4. The Morgan fingerprint density at radius 1 is 0.449 bits per heavy atom. The van der Waals surface area contributed by atoms with E-state index in [0.29, 0.717) is 5.82 Å². The molecule has 0 bridgehead atoms. The lowest BCUT2D eigenvalue weighted by molar-refractivity contribution is 0.884. The Bertz CT molecular complexity index is 2770. The van der Waals surface area contributed by atoms with Gasteiger partial charge in [-0.2, -0.15) is 0 Å². The van der Waals surface area contributed by atoms with E-state index in [1.807, 2.05) is 35.1 Å². The summed E-state index contributed by atoms with van der Waals surface area (Å²) in [6.45, 7) is 0. The first-order chi connectivity index (χ1) is 24.3. The number of aromatic nitrogens is 7. The maximum Gasteiger partial charge on any atom is 0.183 e. The highest BCUT2D eigenvalue weighted by Crippen LogP contribution is 2.40. The van der Waals surface area contributed by atoms with Gasteiger partial charge >= 0.3 is 0 Å². The number of rotatable bonds is 5. The largest absolute Gasteiger partial charge is 0.309 e. The summed E-state index contributed by atoms with van der Waals surface area (Å²) in [6.07, 6.45) is 7.14. The van der Waals surface area contributed by atoms with Crippen molar-refractivity contribution in [3.8, 4) is 39.8 Å². The lowest BCUT2D eigenvalue weighted by atomic mass is 10.1. The number of hydrogen-bond acceptors (Lipinski definition) is 4. The van der Waals surface area contributed by atoms with Crippen LogP contribution in [-0.2, 0) is 0 Å². The number of nitrogens with zero attached hydrogens (tertiary/aromatic N) is 7. The van der Waals surface area contributed by atoms with Crippen molar-refractivity contribution in [3.63, 3.8) is 0 Å². The van der Waals surface area contributed by atoms with Crippen molar-refractivity contribution in [1.29, 1.82) is 0 Å². The Labute approximate surface area is 281 Å². The van der Waals surface area contributed by atoms with Gasteiger partial charge in [0.1, 0.15) is 0 Å². The van der Waals surface area contributed by atoms with Crippen LogP contribution < -0.4 is 0 Å². The highest BCUT2D eigenvalue weighted by molar-refractivity contribution is 6.15. The minimum Gasteiger partial charge on any atom is -0.309 e. The zero-order chi connectivity index (χ0) is 32.3. The average molecular weight is 630 g/mol. The molecule has 0 saturated carbocycles. The molecule has 49 heavy (non-hydrogen) atoms. The zero-order valence-corrected chi connectivity index (χ0v) is 26.2. The van der Waals surface area contributed by atoms with Gasteiger partial charge < -0.3 is 9.13 Å². The number of fused-ring (bicyclic) bond motifs is 6. The van der Waals surface area contributed by atoms with E-state index in [0.717, 1.165) is 55.8 Å². The third kappa shape index (κ3) is 4.22. The van der Waals surface area contributed by atoms with E-state index in [1.54, 1.807) is 18.6 Å². The number of pyridine rings is 2. The van der Waals surface area contributed by atoms with E-state index in [2.05, 4.69) is 134 Å². The van der Waals surface area contributed by atoms with Crippen molar-refractivity contribution in [1.82, 2.24) is 33.9 Å². The molecule has 0 atom stereocenters. The van der Waals surface area contributed by atoms with E-state index in [-0.39, 0.29) is 0 Å². The quantitative estimate of drug-likeness (QED) is 0.190. The van der Waals surface area contributed by atoms with Gasteiger partial charge in [-0.3, -0.25) is 9.97 Å². The van der Waals surface area contributed by atoms with Crippen molar-refractivity contribution in [3.05, 3.63) is 164 Å². The van der Waals surface area contributed by atoms with Gasteiger partial charge in [0.05, 0.1) is 34.0 Å². The Morgan fingerprint density at radius 3 is 1.69 bits per heavy atom. The summed E-state index contributed by atoms with van der Waals surface area (Å²) in [5, 5.41) is 9.72. The van der Waals surface area contributed by atoms with Crippen LogP contribution in [0.3, 0.4) is 0 Å². The van der Waals surface area contributed by atoms with E-state index in [4.69, 9.17) is 10.1 Å². The third-order valence-corrected chi connectivity index (χ3v) is 9.28. The maximum absolute atomic E-state index is 5.14. The summed E-state index contributed by atoms with van der Waals surface area (Å²) in [7, 11) is 0. The highest BCUT2D eigenvalue weighted by Gasteiger charge is 2.22. The minimum atomic E-state index is 0.603. The van der Waals surface area contributed by atoms with Crippen LogP contribution in [-0.4, -0.2) is 33.9 Å². The van der Waals surface area contributed by atoms with Crippen LogP contribution in [0.15, 0.2) is 164 Å². The van der Waals surface area contributed by atoms with Gasteiger partial charge in [0.2, 0.25) is 0 Å². The summed E-state index contributed by atoms with van der Waals surface area (Å²) >= 11 is 0. The molecule has 0 fully saturated rings. The van der Waals surface area contributed by atoms with Crippen molar-refractivity contribution in [2.24, 2.45) is 0 Å². The van der Waals surface area contributed by atoms with Crippen LogP contribution in [0.2, 0.25) is 0 Å². The average Bonchev–Trinajstić information content (AvgIpc) is 3.87. The van der Waals surface area contributed by atoms with Crippen LogP contribution in [0, 0.1) is 0 Å². The summed E-state index contributed by atoms with van der Waals surface area (Å²) < 4.78 is 6.61. The second kappa shape index (κ2) is 10.9. The molecule has 10 aromatic rings. The molecule has 0 aliphatic heterocycles. The summed E-state index contributed by atoms with van der Waals surface area (Å²) in [5.74, 6) is 1.34. The fourth-order valence-corrected chi connectivity index (χ4v) is 7.22. The number of para-hydroxylation sites is 3. The predicted molar refractivity (Wildman–Crippen MR) is 196 cm³/mol. The number of hydrogen-bond donors (Lipinski definition) is 0. The summed E-state index contributed by atoms with van der Waals surface area (Å²) in [5.41, 5.74) is 9.42. The maximum atomic E-state index is 5.14. The lowest BCUT2D eigenvalue weighted by Gasteiger charge is -2.13. The van der Waals surface area contributed by atoms with Gasteiger partial charge in [0, 0.05) is 62.6 Å². The van der Waals surface area contributed by atoms with Gasteiger partial charge in [-0.25, -0.2) is 9.67 Å². The first kappa shape index (κ1) is 27.3. The molecule has 7 nitrogen and oxygen atoms in total. The fraction of sp³-hybridized carbons (Fsp3) is 0. The summed E-state index contributed by atoms with van der Waals surface area (Å²) in [4.78, 5) is 13.9. The topological polar surface area (TPSA) is 66.3 Å². The van der Waals surface area contributed by atoms with E-state index >= 15 is 0 Å². The van der Waals surface area contributed by atoms with Gasteiger partial charge in [-0.05, 0) is 66.7 Å². The Kier molecular flexibility index (Phi) is 6.04. The molecule has 10 rings (SSSR count). The number of benzene rings is 5. The molecule has 5 heterocycles. The van der Waals surface area contributed by atoms with Crippen LogP contribution in [0.1, 0.15) is 0 Å². The monoisotopic (exact) mass is 629 g/mol. The molecular formula is C42H27N7. The van der Waals surface area contributed by atoms with Gasteiger partial charge in [-0.1, -0.05) is 72.8 Å². The fourth-order valence-electron chi connectivity index (χ4n) is 7.22. The molecule has 0 N–H and O–H groups in total. The molecule has 230 valence electrons. The molecule has 0 aliphatic carbocycles. The van der Waals surface area contributed by atoms with Gasteiger partial charge in [0.25, 0.3) is 0 Å². The van der Waals surface area contributed by atoms with E-state index in [9.17, 15) is 0 Å². The Morgan fingerprint density at radius 2 is 1.02 bits per heavy atom. The first-order valence-corrected chi connectivity index (χ1v) is 16.2. The van der Waals surface area contributed by atoms with Crippen LogP contribution in [0.4, 0.5) is 0 Å². The Balaban J connectivity index is 1.23. The molecule has 0 spiro atoms. The lowest BCUT2D eigenvalue weighted by Crippen LogP contribution is -2.01. The van der Waals surface area contributed by atoms with E-state index < -0.39 is 0 Å². The van der Waals surface area contributed by atoms with Crippen molar-refractivity contribution in [2.75, 3.05) is 0 Å². The molecule has 0 amide bonds. The van der Waals surface area contributed by atoms with Crippen molar-refractivity contribution in [2.45, 2.75) is 0 Å². The second-order valence-electron chi connectivity index (χ2n) is 12.1. The third-order valence-electron chi connectivity index (χ3n) is 9.28. The van der Waals surface area contributed by atoms with Crippen LogP contribution in [0.25, 0.3) is 83.4 Å². The van der Waals surface area contributed by atoms with Crippen LogP contribution >= 0.6 is 0 Å². The van der Waals surface area contributed by atoms with Gasteiger partial charge in [0.15, 0.2) is 11.6 Å². The molecule has 5 aromatic heterocycles. The minimum absolute atomic E-state index is 0.603. The molecule has 5 aromatic carbocycles. The van der Waals surface area contributed by atoms with Crippen LogP contribution in [0.5, 0.6) is 0 Å². The van der Waals surface area contributed by atoms with Crippen molar-refractivity contribution < 1.29 is 0 Å². The van der Waals surface area contributed by atoms with Gasteiger partial charge in [-0.15, -0.1) is 5.10 Å². The molecule has 7 heteroatoms. The standard InChI is InChI=1S/C42H27N7/c1-4-19-36-32(15-1)33-16-2-5-20-37(33)47(36)29-12-7-13-30(25-29)48-38-21-6-3-17-34(38)40-35(18-8-22-39(40)48)42-45-41(28-11-9-23-43-26-28)46-49(42)31-14-10-24-44-27-31/h1-27H. The molecule has 0 aliphatic rings. The molecule has 0 saturated heterocycles. The zero-order valence-electron chi connectivity index (χ0n) is 26.2. The normalized spacial score (nSPS) is 11.7. The predicted octanol–water partition coefficient (Wildman–Crippen LogP) is 9.59. The van der Waals surface area contributed by atoms with Crippen molar-refractivity contribution >= 4 is 43.6 Å². The summed E-state index contributed by atoms with van der Waals surface area (Å²) in [6, 6.07) is 48.9. The smallest absolute Gasteiger partial charge is 0.183 e. The molecular weight excluding hydrogens is 603 g/mol. The SMILES string of the molecule is c1cncc(-c2nc(-c3cccc4c3c3ccccc3n4-c3cccc(-n4c5ccccc5c5ccccc54)c3)n(-c3cccnc3)n2)c1. The molecule has 0 unspecified atom stereocenters. The second-order valence-corrected chi connectivity index (χ2v) is 12.1. The first-order valence-electron chi connectivity index (χ1n) is 16.2. The molecule has 0 radical (unpaired) electrons.